The molecule has 0 atom stereocenters. The predicted molar refractivity (Wildman–Crippen MR) is 89.0 cm³/mol. The molecule has 120 valence electrons. The zero-order valence-electron chi connectivity index (χ0n) is 13.4. The van der Waals surface area contributed by atoms with Gasteiger partial charge in [-0.2, -0.15) is 0 Å². The second kappa shape index (κ2) is 8.56. The van der Waals surface area contributed by atoms with Gasteiger partial charge in [-0.05, 0) is 37.9 Å². The Kier molecular flexibility index (Phi) is 6.43. The van der Waals surface area contributed by atoms with Gasteiger partial charge in [0.1, 0.15) is 12.4 Å². The number of carbonyl (C=O) groups is 1. The number of carbonyl (C=O) groups excluding carboxylic acids is 1. The Morgan fingerprint density at radius 3 is 2.59 bits per heavy atom. The molecule has 0 spiro atoms. The van der Waals surface area contributed by atoms with Crippen molar-refractivity contribution < 1.29 is 9.53 Å². The summed E-state index contributed by atoms with van der Waals surface area (Å²) in [5, 5.41) is 3.24. The molecule has 1 aromatic rings. The van der Waals surface area contributed by atoms with Gasteiger partial charge in [0.15, 0.2) is 0 Å². The molecule has 1 N–H and O–H groups in total. The van der Waals surface area contributed by atoms with Crippen LogP contribution >= 0.6 is 0 Å². The molecule has 0 aliphatic carbocycles. The zero-order chi connectivity index (χ0) is 15.8. The Morgan fingerprint density at radius 1 is 1.27 bits per heavy atom. The molecule has 0 bridgehead atoms. The normalized spacial score (nSPS) is 15.5. The minimum atomic E-state index is 0.0767. The number of amides is 1. The first-order chi connectivity index (χ1) is 10.6. The first-order valence-electron chi connectivity index (χ1n) is 7.70. The van der Waals surface area contributed by atoms with E-state index in [1.807, 2.05) is 49.3 Å². The quantitative estimate of drug-likeness (QED) is 0.799. The van der Waals surface area contributed by atoms with Gasteiger partial charge in [-0.15, -0.1) is 0 Å². The first-order valence-corrected chi connectivity index (χ1v) is 7.70. The average Bonchev–Trinajstić information content (AvgIpc) is 2.54. The fraction of sp³-hybridized carbons (Fsp3) is 0.471. The fourth-order valence-electron chi connectivity index (χ4n) is 2.18. The third-order valence-electron chi connectivity index (χ3n) is 3.53. The number of nitrogens with zero attached hydrogens (tertiary/aromatic N) is 2. The lowest BCUT2D eigenvalue weighted by atomic mass is 10.2. The molecular weight excluding hydrogens is 278 g/mol. The lowest BCUT2D eigenvalue weighted by molar-refractivity contribution is -0.126. The van der Waals surface area contributed by atoms with Crippen LogP contribution in [-0.2, 0) is 4.79 Å². The van der Waals surface area contributed by atoms with E-state index in [0.717, 1.165) is 44.0 Å². The zero-order valence-corrected chi connectivity index (χ0v) is 13.4. The minimum absolute atomic E-state index is 0.0767. The molecule has 0 radical (unpaired) electrons. The highest BCUT2D eigenvalue weighted by atomic mass is 16.5. The third kappa shape index (κ3) is 5.50. The van der Waals surface area contributed by atoms with Crippen molar-refractivity contribution in [2.45, 2.75) is 0 Å². The highest BCUT2D eigenvalue weighted by molar-refractivity contribution is 5.91. The van der Waals surface area contributed by atoms with Crippen LogP contribution in [0.1, 0.15) is 5.56 Å². The number of benzene rings is 1. The molecule has 1 aliphatic heterocycles. The largest absolute Gasteiger partial charge is 0.492 e. The maximum atomic E-state index is 12.0. The van der Waals surface area contributed by atoms with Gasteiger partial charge in [-0.1, -0.05) is 12.1 Å². The molecule has 22 heavy (non-hydrogen) atoms. The molecule has 1 aliphatic rings. The third-order valence-corrected chi connectivity index (χ3v) is 3.53. The molecule has 1 amide bonds. The van der Waals surface area contributed by atoms with Crippen LogP contribution in [0.4, 0.5) is 0 Å². The molecule has 0 aromatic heterocycles. The monoisotopic (exact) mass is 303 g/mol. The number of ether oxygens (including phenoxy) is 1. The SMILES string of the molecule is CN(C)CCOc1ccc(/C=C/C(=O)N2CCNCC2)cc1. The van der Waals surface area contributed by atoms with Gasteiger partial charge >= 0.3 is 0 Å². The van der Waals surface area contributed by atoms with Crippen LogP contribution in [-0.4, -0.2) is 69.1 Å². The number of nitrogens with one attached hydrogen (secondary N) is 1. The molecule has 1 heterocycles. The number of hydrogen-bond acceptors (Lipinski definition) is 4. The number of likely N-dealkylation sites (N-methyl/N-ethyl adjacent to an activating group) is 1. The summed E-state index contributed by atoms with van der Waals surface area (Å²) in [6.07, 6.45) is 3.50. The Hall–Kier alpha value is -1.85. The summed E-state index contributed by atoms with van der Waals surface area (Å²) in [5.41, 5.74) is 1.00. The predicted octanol–water partition coefficient (Wildman–Crippen LogP) is 1.07. The van der Waals surface area contributed by atoms with Crippen molar-refractivity contribution in [2.75, 3.05) is 53.4 Å². The summed E-state index contributed by atoms with van der Waals surface area (Å²) in [7, 11) is 4.04. The minimum Gasteiger partial charge on any atom is -0.492 e. The summed E-state index contributed by atoms with van der Waals surface area (Å²) in [6.45, 7) is 4.87. The van der Waals surface area contributed by atoms with Crippen molar-refractivity contribution in [3.8, 4) is 5.75 Å². The van der Waals surface area contributed by atoms with Crippen LogP contribution in [0.3, 0.4) is 0 Å². The number of hydrogen-bond donors (Lipinski definition) is 1. The fourth-order valence-corrected chi connectivity index (χ4v) is 2.18. The highest BCUT2D eigenvalue weighted by Crippen LogP contribution is 2.13. The molecule has 1 aromatic carbocycles. The average molecular weight is 303 g/mol. The summed E-state index contributed by atoms with van der Waals surface area (Å²) >= 11 is 0. The molecule has 1 fully saturated rings. The standard InChI is InChI=1S/C17H25N3O2/c1-19(2)13-14-22-16-6-3-15(4-7-16)5-8-17(21)20-11-9-18-10-12-20/h3-8,18H,9-14H2,1-2H3/b8-5+. The maximum absolute atomic E-state index is 12.0. The van der Waals surface area contributed by atoms with E-state index in [-0.39, 0.29) is 5.91 Å². The van der Waals surface area contributed by atoms with E-state index in [0.29, 0.717) is 6.61 Å². The second-order valence-electron chi connectivity index (χ2n) is 5.63. The summed E-state index contributed by atoms with van der Waals surface area (Å²) in [5.74, 6) is 0.931. The lowest BCUT2D eigenvalue weighted by Gasteiger charge is -2.26. The van der Waals surface area contributed by atoms with Crippen LogP contribution in [0.5, 0.6) is 5.75 Å². The van der Waals surface area contributed by atoms with E-state index in [2.05, 4.69) is 10.2 Å². The Morgan fingerprint density at radius 2 is 1.95 bits per heavy atom. The highest BCUT2D eigenvalue weighted by Gasteiger charge is 2.12. The Balaban J connectivity index is 1.82. The van der Waals surface area contributed by atoms with Crippen LogP contribution in [0.15, 0.2) is 30.3 Å². The molecule has 1 saturated heterocycles. The van der Waals surface area contributed by atoms with Gasteiger partial charge < -0.3 is 19.9 Å². The number of rotatable bonds is 6. The van der Waals surface area contributed by atoms with E-state index in [1.165, 1.54) is 0 Å². The van der Waals surface area contributed by atoms with E-state index >= 15 is 0 Å². The van der Waals surface area contributed by atoms with Gasteiger partial charge in [0, 0.05) is 38.8 Å². The second-order valence-corrected chi connectivity index (χ2v) is 5.63. The molecule has 2 rings (SSSR count). The summed E-state index contributed by atoms with van der Waals surface area (Å²) in [4.78, 5) is 16.0. The van der Waals surface area contributed by atoms with Crippen LogP contribution < -0.4 is 10.1 Å². The smallest absolute Gasteiger partial charge is 0.246 e. The lowest BCUT2D eigenvalue weighted by Crippen LogP contribution is -2.45. The molecule has 5 heteroatoms. The van der Waals surface area contributed by atoms with Crippen molar-refractivity contribution in [3.05, 3.63) is 35.9 Å². The van der Waals surface area contributed by atoms with Crippen LogP contribution in [0.2, 0.25) is 0 Å². The van der Waals surface area contributed by atoms with Gasteiger partial charge in [0.2, 0.25) is 5.91 Å². The van der Waals surface area contributed by atoms with Gasteiger partial charge in [0.05, 0.1) is 0 Å². The van der Waals surface area contributed by atoms with Crippen molar-refractivity contribution in [1.82, 2.24) is 15.1 Å². The molecule has 0 unspecified atom stereocenters. The summed E-state index contributed by atoms with van der Waals surface area (Å²) < 4.78 is 5.64. The Bertz CT molecular complexity index is 491. The van der Waals surface area contributed by atoms with E-state index in [4.69, 9.17) is 4.74 Å². The van der Waals surface area contributed by atoms with Gasteiger partial charge in [-0.25, -0.2) is 0 Å². The topological polar surface area (TPSA) is 44.8 Å². The first kappa shape index (κ1) is 16.5. The number of piperazine rings is 1. The maximum Gasteiger partial charge on any atom is 0.246 e. The van der Waals surface area contributed by atoms with Crippen molar-refractivity contribution in [3.63, 3.8) is 0 Å². The Labute approximate surface area is 132 Å². The summed E-state index contributed by atoms with van der Waals surface area (Å²) in [6, 6.07) is 7.80. The van der Waals surface area contributed by atoms with Crippen molar-refractivity contribution in [1.29, 1.82) is 0 Å². The van der Waals surface area contributed by atoms with Gasteiger partial charge in [-0.3, -0.25) is 4.79 Å². The van der Waals surface area contributed by atoms with Crippen molar-refractivity contribution in [2.24, 2.45) is 0 Å². The van der Waals surface area contributed by atoms with E-state index < -0.39 is 0 Å². The molecule has 5 nitrogen and oxygen atoms in total. The van der Waals surface area contributed by atoms with Crippen molar-refractivity contribution >= 4 is 12.0 Å². The van der Waals surface area contributed by atoms with Crippen LogP contribution in [0, 0.1) is 0 Å². The van der Waals surface area contributed by atoms with Crippen LogP contribution in [0.25, 0.3) is 6.08 Å². The molecular formula is C17H25N3O2. The van der Waals surface area contributed by atoms with E-state index in [1.54, 1.807) is 6.08 Å². The van der Waals surface area contributed by atoms with Gasteiger partial charge in [0.25, 0.3) is 0 Å². The molecule has 0 saturated carbocycles. The van der Waals surface area contributed by atoms with E-state index in [9.17, 15) is 4.79 Å².